The maximum Gasteiger partial charge on any atom is 0.437 e. The van der Waals surface area contributed by atoms with Gasteiger partial charge in [-0.25, -0.2) is 0 Å². The van der Waals surface area contributed by atoms with Crippen molar-refractivity contribution in [2.75, 3.05) is 7.11 Å². The number of methoxy groups -OCH3 is 1. The van der Waals surface area contributed by atoms with Gasteiger partial charge in [-0.05, 0) is 62.2 Å². The van der Waals surface area contributed by atoms with Crippen LogP contribution >= 0.6 is 0 Å². The lowest BCUT2D eigenvalue weighted by atomic mass is 9.69. The van der Waals surface area contributed by atoms with Gasteiger partial charge in [0.25, 0.3) is 0 Å². The van der Waals surface area contributed by atoms with Crippen LogP contribution in [0.15, 0.2) is 0 Å². The zero-order valence-electron chi connectivity index (χ0n) is 20.5. The summed E-state index contributed by atoms with van der Waals surface area (Å²) >= 11 is 0. The Balaban J connectivity index is 1.87. The molecule has 3 rings (SSSR count). The van der Waals surface area contributed by atoms with Gasteiger partial charge in [-0.1, -0.05) is 6.92 Å². The van der Waals surface area contributed by atoms with Crippen LogP contribution < -0.4 is 0 Å². The SMILES string of the molecule is COC(=O)C(C)(CC1OC2C(CC1C)C1CC(CC(OC(C)=O)(C(F)(F)F)C(F)(F)F)C2C1)C(F)(F)F. The van der Waals surface area contributed by atoms with Gasteiger partial charge in [0.05, 0.1) is 19.3 Å². The minimum atomic E-state index is -5.95. The smallest absolute Gasteiger partial charge is 0.437 e. The molecule has 0 radical (unpaired) electrons. The molecule has 3 fully saturated rings. The molecule has 0 spiro atoms. The lowest BCUT2D eigenvalue weighted by Crippen LogP contribution is -2.61. The molecule has 14 heteroatoms. The highest BCUT2D eigenvalue weighted by Gasteiger charge is 2.75. The molecule has 8 atom stereocenters. The number of carbonyl (C=O) groups excluding carboxylic acids is 2. The highest BCUT2D eigenvalue weighted by molar-refractivity contribution is 5.77. The molecule has 2 aliphatic carbocycles. The molecule has 2 bridgehead atoms. The van der Waals surface area contributed by atoms with Crippen molar-refractivity contribution in [2.45, 2.75) is 89.2 Å². The van der Waals surface area contributed by atoms with E-state index in [4.69, 9.17) is 4.74 Å². The second kappa shape index (κ2) is 9.48. The van der Waals surface area contributed by atoms with E-state index in [-0.39, 0.29) is 24.7 Å². The Kier molecular flexibility index (Phi) is 7.64. The Morgan fingerprint density at radius 1 is 0.865 bits per heavy atom. The number of alkyl halides is 9. The summed E-state index contributed by atoms with van der Waals surface area (Å²) in [4.78, 5) is 23.4. The van der Waals surface area contributed by atoms with E-state index >= 15 is 0 Å². The van der Waals surface area contributed by atoms with Crippen molar-refractivity contribution < 1.29 is 63.3 Å². The van der Waals surface area contributed by atoms with Crippen LogP contribution in [-0.4, -0.2) is 55.4 Å². The Morgan fingerprint density at radius 3 is 1.89 bits per heavy atom. The van der Waals surface area contributed by atoms with Gasteiger partial charge in [-0.3, -0.25) is 9.59 Å². The van der Waals surface area contributed by atoms with E-state index in [1.807, 2.05) is 0 Å². The molecule has 0 aromatic heterocycles. The minimum Gasteiger partial charge on any atom is -0.468 e. The first-order chi connectivity index (χ1) is 16.7. The van der Waals surface area contributed by atoms with E-state index in [9.17, 15) is 49.1 Å². The normalized spacial score (nSPS) is 34.0. The number of esters is 2. The van der Waals surface area contributed by atoms with Crippen molar-refractivity contribution in [3.8, 4) is 0 Å². The van der Waals surface area contributed by atoms with Crippen LogP contribution in [0.3, 0.4) is 0 Å². The van der Waals surface area contributed by atoms with Crippen molar-refractivity contribution in [1.29, 1.82) is 0 Å². The van der Waals surface area contributed by atoms with E-state index in [0.29, 0.717) is 20.3 Å². The van der Waals surface area contributed by atoms with Crippen molar-refractivity contribution in [3.63, 3.8) is 0 Å². The highest BCUT2D eigenvalue weighted by Crippen LogP contribution is 2.62. The summed E-state index contributed by atoms with van der Waals surface area (Å²) in [7, 11) is 0.810. The third-order valence-electron chi connectivity index (χ3n) is 8.50. The summed E-state index contributed by atoms with van der Waals surface area (Å²) in [6.07, 6.45) is -20.6. The van der Waals surface area contributed by atoms with E-state index in [0.717, 1.165) is 7.11 Å². The van der Waals surface area contributed by atoms with E-state index in [2.05, 4.69) is 9.47 Å². The van der Waals surface area contributed by atoms with Crippen LogP contribution in [0.4, 0.5) is 39.5 Å². The number of hydrogen-bond donors (Lipinski definition) is 0. The summed E-state index contributed by atoms with van der Waals surface area (Å²) in [5.74, 6) is -6.25. The molecular formula is C23H29F9O5. The third-order valence-corrected chi connectivity index (χ3v) is 8.50. The van der Waals surface area contributed by atoms with Crippen LogP contribution in [0.1, 0.15) is 52.9 Å². The number of carbonyl (C=O) groups is 2. The maximum absolute atomic E-state index is 13.8. The van der Waals surface area contributed by atoms with Gasteiger partial charge in [-0.15, -0.1) is 0 Å². The zero-order chi connectivity index (χ0) is 28.4. The molecule has 1 aliphatic heterocycles. The predicted octanol–water partition coefficient (Wildman–Crippen LogP) is 6.00. The third kappa shape index (κ3) is 5.03. The van der Waals surface area contributed by atoms with Gasteiger partial charge in [0.2, 0.25) is 0 Å². The average Bonchev–Trinajstić information content (AvgIpc) is 3.28. The van der Waals surface area contributed by atoms with Gasteiger partial charge in [-0.2, -0.15) is 39.5 Å². The molecule has 0 aromatic rings. The molecule has 1 heterocycles. The van der Waals surface area contributed by atoms with Gasteiger partial charge in [0, 0.05) is 13.3 Å². The van der Waals surface area contributed by atoms with Gasteiger partial charge in [0.15, 0.2) is 5.41 Å². The molecule has 37 heavy (non-hydrogen) atoms. The van der Waals surface area contributed by atoms with Crippen molar-refractivity contribution in [3.05, 3.63) is 0 Å². The fourth-order valence-electron chi connectivity index (χ4n) is 6.58. The number of fused-ring (bicyclic) bond motifs is 5. The molecule has 5 nitrogen and oxygen atoms in total. The van der Waals surface area contributed by atoms with Gasteiger partial charge < -0.3 is 14.2 Å². The lowest BCUT2D eigenvalue weighted by molar-refractivity contribution is -0.375. The first kappa shape index (κ1) is 29.8. The van der Waals surface area contributed by atoms with Gasteiger partial charge >= 0.3 is 36.1 Å². The van der Waals surface area contributed by atoms with E-state index in [1.54, 1.807) is 6.92 Å². The summed E-state index contributed by atoms with van der Waals surface area (Å²) in [5.41, 5.74) is -7.63. The molecule has 1 saturated heterocycles. The fourth-order valence-corrected chi connectivity index (χ4v) is 6.58. The average molecular weight is 556 g/mol. The largest absolute Gasteiger partial charge is 0.468 e. The zero-order valence-corrected chi connectivity index (χ0v) is 20.5. The summed E-state index contributed by atoms with van der Waals surface area (Å²) in [6.45, 7) is 2.76. The standard InChI is InChI=1S/C23H29F9O5/c1-10-5-14-12-6-13(8-20(22(27,28)29,23(30,31)32)37-11(2)33)15(7-12)17(14)36-16(10)9-19(3,18(34)35-4)21(24,25)26/h10,12-17H,5-9H2,1-4H3. The number of halogens is 9. The van der Waals surface area contributed by atoms with Crippen molar-refractivity contribution in [1.82, 2.24) is 0 Å². The molecule has 8 unspecified atom stereocenters. The second-order valence-corrected chi connectivity index (χ2v) is 10.8. The van der Waals surface area contributed by atoms with Crippen molar-refractivity contribution >= 4 is 11.9 Å². The van der Waals surface area contributed by atoms with E-state index < -0.39 is 84.3 Å². The minimum absolute atomic E-state index is 0.0180. The second-order valence-electron chi connectivity index (χ2n) is 10.8. The predicted molar refractivity (Wildman–Crippen MR) is 108 cm³/mol. The van der Waals surface area contributed by atoms with Gasteiger partial charge in [0.1, 0.15) is 0 Å². The molecule has 0 aromatic carbocycles. The molecule has 3 aliphatic rings. The van der Waals surface area contributed by atoms with Crippen molar-refractivity contribution in [2.24, 2.45) is 35.0 Å². The Hall–Kier alpha value is -1.73. The van der Waals surface area contributed by atoms with Crippen LogP contribution in [0.5, 0.6) is 0 Å². The Bertz CT molecular complexity index is 869. The fraction of sp³-hybridized carbons (Fsp3) is 0.913. The molecule has 2 saturated carbocycles. The Morgan fingerprint density at radius 2 is 1.43 bits per heavy atom. The topological polar surface area (TPSA) is 61.8 Å². The quantitative estimate of drug-likeness (QED) is 0.297. The van der Waals surface area contributed by atoms with Crippen LogP contribution in [0, 0.1) is 35.0 Å². The first-order valence-corrected chi connectivity index (χ1v) is 11.8. The number of rotatable bonds is 6. The molecule has 0 amide bonds. The summed E-state index contributed by atoms with van der Waals surface area (Å²) in [5, 5.41) is 0. The monoisotopic (exact) mass is 556 g/mol. The first-order valence-electron chi connectivity index (χ1n) is 11.8. The maximum atomic E-state index is 13.8. The van der Waals surface area contributed by atoms with Crippen LogP contribution in [0.2, 0.25) is 0 Å². The highest BCUT2D eigenvalue weighted by atomic mass is 19.4. The van der Waals surface area contributed by atoms with E-state index in [1.165, 1.54) is 0 Å². The summed E-state index contributed by atoms with van der Waals surface area (Å²) in [6, 6.07) is 0. The lowest BCUT2D eigenvalue weighted by Gasteiger charge is -2.48. The summed E-state index contributed by atoms with van der Waals surface area (Å²) < 4.78 is 138. The van der Waals surface area contributed by atoms with Crippen LogP contribution in [0.25, 0.3) is 0 Å². The van der Waals surface area contributed by atoms with Crippen LogP contribution in [-0.2, 0) is 23.8 Å². The molecule has 214 valence electrons. The molecular weight excluding hydrogens is 527 g/mol. The number of hydrogen-bond acceptors (Lipinski definition) is 5. The molecule has 0 N–H and O–H groups in total. The number of ether oxygens (including phenoxy) is 3. The Labute approximate surface area is 207 Å².